The molecule has 0 unspecified atom stereocenters. The number of hydrogen-bond acceptors (Lipinski definition) is 8. The summed E-state index contributed by atoms with van der Waals surface area (Å²) in [7, 11) is 1.66. The van der Waals surface area contributed by atoms with Crippen LogP contribution in [0.5, 0.6) is 5.75 Å². The summed E-state index contributed by atoms with van der Waals surface area (Å²) in [5.41, 5.74) is 1.28. The van der Waals surface area contributed by atoms with Crippen molar-refractivity contribution in [1.82, 2.24) is 10.3 Å². The Bertz CT molecular complexity index is 1200. The average Bonchev–Trinajstić information content (AvgIpc) is 3.63. The number of benzene rings is 1. The van der Waals surface area contributed by atoms with Gasteiger partial charge in [0, 0.05) is 44.2 Å². The second kappa shape index (κ2) is 10.5. The number of aromatic nitrogens is 1. The molecular weight excluding hydrogens is 460 g/mol. The van der Waals surface area contributed by atoms with Crippen LogP contribution in [-0.2, 0) is 14.9 Å². The largest absolute Gasteiger partial charge is 0.497 e. The molecule has 4 heterocycles. The smallest absolute Gasteiger partial charge is 0.266 e. The maximum atomic E-state index is 13.2. The van der Waals surface area contributed by atoms with Crippen LogP contribution in [0, 0.1) is 17.2 Å². The van der Waals surface area contributed by atoms with Crippen molar-refractivity contribution in [3.05, 3.63) is 53.9 Å². The molecule has 2 saturated heterocycles. The number of oxazole rings is 1. The molecule has 0 bridgehead atoms. The normalized spacial score (nSPS) is 17.9. The molecule has 2 aliphatic rings. The molecular formula is C27H30N4O5. The van der Waals surface area contributed by atoms with Crippen LogP contribution >= 0.6 is 0 Å². The standard InChI is InChI=1S/C27H30N4O5/c1-33-21-6-4-20(5-7-21)27(10-15-34-16-11-27)18-29-24(32)19-8-12-31(13-9-19)26-22(17-28)30-25(36-26)23-3-2-14-35-23/h2-7,14,19H,8-13,15-16,18H2,1H3,(H,29,32). The Hall–Kier alpha value is -3.77. The topological polar surface area (TPSA) is 114 Å². The summed E-state index contributed by atoms with van der Waals surface area (Å²) in [6, 6.07) is 13.7. The Morgan fingerprint density at radius 2 is 1.97 bits per heavy atom. The van der Waals surface area contributed by atoms with Crippen molar-refractivity contribution in [2.45, 2.75) is 31.1 Å². The predicted molar refractivity (Wildman–Crippen MR) is 132 cm³/mol. The lowest BCUT2D eigenvalue weighted by Crippen LogP contribution is -2.47. The third kappa shape index (κ3) is 4.82. The quantitative estimate of drug-likeness (QED) is 0.531. The Labute approximate surface area is 210 Å². The second-order valence-electron chi connectivity index (χ2n) is 9.36. The zero-order valence-electron chi connectivity index (χ0n) is 20.4. The Morgan fingerprint density at radius 1 is 1.22 bits per heavy atom. The predicted octanol–water partition coefficient (Wildman–Crippen LogP) is 3.90. The number of ether oxygens (including phenoxy) is 2. The van der Waals surface area contributed by atoms with Gasteiger partial charge >= 0.3 is 0 Å². The molecule has 5 rings (SSSR count). The maximum absolute atomic E-state index is 13.2. The van der Waals surface area contributed by atoms with Crippen molar-refractivity contribution in [2.75, 3.05) is 44.9 Å². The minimum atomic E-state index is -0.148. The molecule has 1 amide bonds. The van der Waals surface area contributed by atoms with Gasteiger partial charge < -0.3 is 28.5 Å². The van der Waals surface area contributed by atoms with Crippen LogP contribution in [0.1, 0.15) is 36.9 Å². The first-order valence-corrected chi connectivity index (χ1v) is 12.3. The van der Waals surface area contributed by atoms with Crippen LogP contribution in [0.15, 0.2) is 51.5 Å². The fourth-order valence-electron chi connectivity index (χ4n) is 5.12. The van der Waals surface area contributed by atoms with E-state index in [1.807, 2.05) is 17.0 Å². The van der Waals surface area contributed by atoms with Crippen molar-refractivity contribution in [2.24, 2.45) is 5.92 Å². The van der Waals surface area contributed by atoms with E-state index in [4.69, 9.17) is 18.3 Å². The fourth-order valence-corrected chi connectivity index (χ4v) is 5.12. The van der Waals surface area contributed by atoms with Gasteiger partial charge in [-0.25, -0.2) is 0 Å². The summed E-state index contributed by atoms with van der Waals surface area (Å²) in [5.74, 6) is 2.00. The van der Waals surface area contributed by atoms with Crippen molar-refractivity contribution in [3.63, 3.8) is 0 Å². The minimum absolute atomic E-state index is 0.0726. The van der Waals surface area contributed by atoms with E-state index in [1.54, 1.807) is 19.2 Å². The summed E-state index contributed by atoms with van der Waals surface area (Å²) in [4.78, 5) is 19.4. The van der Waals surface area contributed by atoms with Crippen molar-refractivity contribution in [3.8, 4) is 23.5 Å². The second-order valence-corrected chi connectivity index (χ2v) is 9.36. The molecule has 0 aliphatic carbocycles. The molecule has 2 aromatic heterocycles. The molecule has 188 valence electrons. The van der Waals surface area contributed by atoms with Gasteiger partial charge in [0.15, 0.2) is 5.76 Å². The summed E-state index contributed by atoms with van der Waals surface area (Å²) >= 11 is 0. The summed E-state index contributed by atoms with van der Waals surface area (Å²) in [5, 5.41) is 12.8. The van der Waals surface area contributed by atoms with Gasteiger partial charge in [-0.3, -0.25) is 4.79 Å². The molecule has 0 spiro atoms. The first-order valence-electron chi connectivity index (χ1n) is 12.3. The fraction of sp³-hybridized carbons (Fsp3) is 0.444. The molecule has 1 N–H and O–H groups in total. The lowest BCUT2D eigenvalue weighted by Gasteiger charge is -2.38. The van der Waals surface area contributed by atoms with Crippen molar-refractivity contribution >= 4 is 11.8 Å². The highest BCUT2D eigenvalue weighted by molar-refractivity contribution is 5.79. The van der Waals surface area contributed by atoms with Gasteiger partial charge in [-0.15, -0.1) is 0 Å². The number of anilines is 1. The number of nitrogens with one attached hydrogen (secondary N) is 1. The molecule has 0 atom stereocenters. The van der Waals surface area contributed by atoms with E-state index >= 15 is 0 Å². The van der Waals surface area contributed by atoms with E-state index in [9.17, 15) is 10.1 Å². The number of nitriles is 1. The van der Waals surface area contributed by atoms with Crippen molar-refractivity contribution in [1.29, 1.82) is 5.26 Å². The average molecular weight is 491 g/mol. The molecule has 36 heavy (non-hydrogen) atoms. The third-order valence-corrected chi connectivity index (χ3v) is 7.35. The first kappa shape index (κ1) is 23.9. The van der Waals surface area contributed by atoms with Gasteiger partial charge in [-0.2, -0.15) is 10.2 Å². The number of carbonyl (C=O) groups is 1. The molecule has 2 fully saturated rings. The van der Waals surface area contributed by atoms with Gasteiger partial charge in [0.25, 0.3) is 5.89 Å². The van der Waals surface area contributed by atoms with Gasteiger partial charge in [-0.05, 0) is 55.5 Å². The van der Waals surface area contributed by atoms with Crippen LogP contribution in [0.3, 0.4) is 0 Å². The van der Waals surface area contributed by atoms with E-state index in [0.29, 0.717) is 57.3 Å². The van der Waals surface area contributed by atoms with Crippen LogP contribution < -0.4 is 15.0 Å². The van der Waals surface area contributed by atoms with E-state index in [2.05, 4.69) is 28.5 Å². The van der Waals surface area contributed by atoms with Crippen LogP contribution in [0.2, 0.25) is 0 Å². The maximum Gasteiger partial charge on any atom is 0.266 e. The number of amides is 1. The highest BCUT2D eigenvalue weighted by Gasteiger charge is 2.36. The Kier molecular flexibility index (Phi) is 6.96. The SMILES string of the molecule is COc1ccc(C2(CNC(=O)C3CCN(c4oc(-c5ccco5)nc4C#N)CC3)CCOCC2)cc1. The number of nitrogens with zero attached hydrogens (tertiary/aromatic N) is 3. The lowest BCUT2D eigenvalue weighted by atomic mass is 9.74. The van der Waals surface area contributed by atoms with Crippen LogP contribution in [0.4, 0.5) is 5.88 Å². The first-order chi connectivity index (χ1) is 17.6. The molecule has 9 heteroatoms. The molecule has 2 aliphatic heterocycles. The molecule has 1 aromatic carbocycles. The minimum Gasteiger partial charge on any atom is -0.497 e. The van der Waals surface area contributed by atoms with Gasteiger partial charge in [0.1, 0.15) is 11.8 Å². The third-order valence-electron chi connectivity index (χ3n) is 7.35. The number of methoxy groups -OCH3 is 1. The summed E-state index contributed by atoms with van der Waals surface area (Å²) in [6.45, 7) is 3.15. The highest BCUT2D eigenvalue weighted by atomic mass is 16.5. The van der Waals surface area contributed by atoms with Gasteiger partial charge in [0.2, 0.25) is 17.5 Å². The zero-order valence-corrected chi connectivity index (χ0v) is 20.4. The van der Waals surface area contributed by atoms with E-state index in [1.165, 1.54) is 11.8 Å². The number of furan rings is 1. The number of carbonyl (C=O) groups excluding carboxylic acids is 1. The van der Waals surface area contributed by atoms with Crippen molar-refractivity contribution < 1.29 is 23.1 Å². The number of rotatable bonds is 7. The molecule has 3 aromatic rings. The van der Waals surface area contributed by atoms with E-state index in [0.717, 1.165) is 18.6 Å². The summed E-state index contributed by atoms with van der Waals surface area (Å²) in [6.07, 6.45) is 4.60. The zero-order chi connectivity index (χ0) is 25.0. The van der Waals surface area contributed by atoms with E-state index < -0.39 is 0 Å². The molecule has 0 saturated carbocycles. The summed E-state index contributed by atoms with van der Waals surface area (Å²) < 4.78 is 22.2. The van der Waals surface area contributed by atoms with Gasteiger partial charge in [-0.1, -0.05) is 12.1 Å². The number of hydrogen-bond donors (Lipinski definition) is 1. The van der Waals surface area contributed by atoms with Crippen LogP contribution in [-0.4, -0.2) is 50.8 Å². The van der Waals surface area contributed by atoms with Gasteiger partial charge in [0.05, 0.1) is 13.4 Å². The Balaban J connectivity index is 1.21. The number of piperidine rings is 1. The van der Waals surface area contributed by atoms with E-state index in [-0.39, 0.29) is 28.8 Å². The molecule has 9 nitrogen and oxygen atoms in total. The van der Waals surface area contributed by atoms with Crippen LogP contribution in [0.25, 0.3) is 11.7 Å². The highest BCUT2D eigenvalue weighted by Crippen LogP contribution is 2.36. The molecule has 0 radical (unpaired) electrons. The lowest BCUT2D eigenvalue weighted by molar-refractivity contribution is -0.126. The Morgan fingerprint density at radius 3 is 2.61 bits per heavy atom. The monoisotopic (exact) mass is 490 g/mol.